The van der Waals surface area contributed by atoms with Crippen LogP contribution in [-0.2, 0) is 11.3 Å². The zero-order valence-electron chi connectivity index (χ0n) is 15.0. The van der Waals surface area contributed by atoms with Gasteiger partial charge in [-0.1, -0.05) is 30.3 Å². The summed E-state index contributed by atoms with van der Waals surface area (Å²) in [6.45, 7) is 3.95. The van der Waals surface area contributed by atoms with E-state index in [1.54, 1.807) is 11.3 Å². The first-order chi connectivity index (χ1) is 12.8. The zero-order valence-corrected chi connectivity index (χ0v) is 15.8. The van der Waals surface area contributed by atoms with E-state index in [0.717, 1.165) is 57.0 Å². The molecule has 138 valence electrons. The fourth-order valence-electron chi connectivity index (χ4n) is 3.96. The summed E-state index contributed by atoms with van der Waals surface area (Å²) in [6, 6.07) is 10.3. The van der Waals surface area contributed by atoms with Crippen molar-refractivity contribution in [1.82, 2.24) is 15.2 Å². The predicted molar refractivity (Wildman–Crippen MR) is 105 cm³/mol. The molecule has 0 radical (unpaired) electrons. The fourth-order valence-corrected chi connectivity index (χ4v) is 4.95. The van der Waals surface area contributed by atoms with Gasteiger partial charge in [0.15, 0.2) is 5.13 Å². The van der Waals surface area contributed by atoms with E-state index in [9.17, 15) is 4.79 Å². The maximum atomic E-state index is 12.8. The molecule has 6 heteroatoms. The van der Waals surface area contributed by atoms with E-state index in [-0.39, 0.29) is 11.9 Å². The number of nitrogens with zero attached hydrogens (tertiary/aromatic N) is 2. The van der Waals surface area contributed by atoms with Crippen LogP contribution in [0.3, 0.4) is 0 Å². The molecule has 1 amide bonds. The minimum Gasteiger partial charge on any atom is -0.317 e. The van der Waals surface area contributed by atoms with Crippen LogP contribution in [0.25, 0.3) is 0 Å². The van der Waals surface area contributed by atoms with E-state index in [2.05, 4.69) is 44.8 Å². The van der Waals surface area contributed by atoms with E-state index in [1.807, 2.05) is 12.3 Å². The number of carbonyl (C=O) groups is 1. The van der Waals surface area contributed by atoms with Crippen LogP contribution in [0, 0.1) is 0 Å². The number of nitrogens with one attached hydrogen (secondary N) is 2. The van der Waals surface area contributed by atoms with E-state index in [0.29, 0.717) is 5.92 Å². The van der Waals surface area contributed by atoms with E-state index in [1.165, 1.54) is 10.4 Å². The van der Waals surface area contributed by atoms with Crippen LogP contribution in [0.15, 0.2) is 36.5 Å². The van der Waals surface area contributed by atoms with Gasteiger partial charge in [-0.05, 0) is 56.8 Å². The summed E-state index contributed by atoms with van der Waals surface area (Å²) in [4.78, 5) is 20.8. The minimum atomic E-state index is -0.0542. The molecule has 5 nitrogen and oxygen atoms in total. The third-order valence-electron chi connectivity index (χ3n) is 5.39. The first-order valence-corrected chi connectivity index (χ1v) is 10.4. The topological polar surface area (TPSA) is 57.3 Å². The molecule has 0 aliphatic carbocycles. The van der Waals surface area contributed by atoms with E-state index >= 15 is 0 Å². The third kappa shape index (κ3) is 4.14. The minimum absolute atomic E-state index is 0.0542. The van der Waals surface area contributed by atoms with Gasteiger partial charge in [-0.2, -0.15) is 0 Å². The van der Waals surface area contributed by atoms with E-state index < -0.39 is 0 Å². The number of thiazole rings is 1. The first kappa shape index (κ1) is 17.6. The summed E-state index contributed by atoms with van der Waals surface area (Å²) < 4.78 is 0. The Labute approximate surface area is 158 Å². The van der Waals surface area contributed by atoms with Crippen molar-refractivity contribution >= 4 is 22.4 Å². The molecule has 0 spiro atoms. The molecule has 2 N–H and O–H groups in total. The molecule has 2 aliphatic heterocycles. The van der Waals surface area contributed by atoms with E-state index in [4.69, 9.17) is 0 Å². The van der Waals surface area contributed by atoms with Crippen molar-refractivity contribution in [2.24, 2.45) is 0 Å². The summed E-state index contributed by atoms with van der Waals surface area (Å²) in [5.74, 6) is 0.671. The lowest BCUT2D eigenvalue weighted by molar-refractivity contribution is -0.120. The number of amides is 1. The molecule has 0 saturated carbocycles. The van der Waals surface area contributed by atoms with Gasteiger partial charge in [0.25, 0.3) is 0 Å². The smallest absolute Gasteiger partial charge is 0.243 e. The van der Waals surface area contributed by atoms with Crippen molar-refractivity contribution in [3.8, 4) is 0 Å². The number of likely N-dealkylation sites (tertiary alicyclic amines) is 1. The third-order valence-corrected chi connectivity index (χ3v) is 6.47. The van der Waals surface area contributed by atoms with Gasteiger partial charge >= 0.3 is 0 Å². The van der Waals surface area contributed by atoms with Crippen molar-refractivity contribution in [2.45, 2.75) is 44.2 Å². The Morgan fingerprint density at radius 3 is 2.85 bits per heavy atom. The van der Waals surface area contributed by atoms with Crippen LogP contribution >= 0.6 is 11.3 Å². The highest BCUT2D eigenvalue weighted by atomic mass is 32.1. The molecular formula is C20H26N4OS. The maximum Gasteiger partial charge on any atom is 0.243 e. The van der Waals surface area contributed by atoms with Crippen molar-refractivity contribution in [1.29, 1.82) is 0 Å². The number of benzene rings is 1. The average molecular weight is 371 g/mol. The Balaban J connectivity index is 1.37. The Bertz CT molecular complexity index is 726. The molecule has 3 heterocycles. The predicted octanol–water partition coefficient (Wildman–Crippen LogP) is 3.21. The standard InChI is InChI=1S/C20H26N4OS/c25-19(17-7-4-12-24(17)14-15-5-2-1-3-6-15)23-20-22-13-18(26-20)16-8-10-21-11-9-16/h1-3,5-6,13,16-17,21H,4,7-12,14H2,(H,22,23,25). The molecule has 1 aromatic heterocycles. The number of piperidine rings is 1. The Kier molecular flexibility index (Phi) is 5.62. The number of anilines is 1. The van der Waals surface area contributed by atoms with Gasteiger partial charge in [0.2, 0.25) is 5.91 Å². The number of hydrogen-bond donors (Lipinski definition) is 2. The van der Waals surface area contributed by atoms with Gasteiger partial charge in [0.1, 0.15) is 0 Å². The lowest BCUT2D eigenvalue weighted by Gasteiger charge is -2.23. The van der Waals surface area contributed by atoms with Crippen LogP contribution in [0.5, 0.6) is 0 Å². The van der Waals surface area contributed by atoms with Crippen LogP contribution in [0.4, 0.5) is 5.13 Å². The summed E-state index contributed by atoms with van der Waals surface area (Å²) in [6.07, 6.45) is 6.26. The normalized spacial score (nSPS) is 21.8. The molecule has 1 unspecified atom stereocenters. The van der Waals surface area contributed by atoms with Gasteiger partial charge in [-0.25, -0.2) is 4.98 Å². The second-order valence-electron chi connectivity index (χ2n) is 7.20. The maximum absolute atomic E-state index is 12.8. The highest BCUT2D eigenvalue weighted by Gasteiger charge is 2.31. The lowest BCUT2D eigenvalue weighted by atomic mass is 9.97. The number of hydrogen-bond acceptors (Lipinski definition) is 5. The van der Waals surface area contributed by atoms with Gasteiger partial charge in [0.05, 0.1) is 6.04 Å². The number of aromatic nitrogens is 1. The molecule has 1 aromatic carbocycles. The molecular weight excluding hydrogens is 344 g/mol. The first-order valence-electron chi connectivity index (χ1n) is 9.55. The van der Waals surface area contributed by atoms with Crippen molar-refractivity contribution in [3.63, 3.8) is 0 Å². The number of rotatable bonds is 5. The largest absolute Gasteiger partial charge is 0.317 e. The highest BCUT2D eigenvalue weighted by Crippen LogP contribution is 2.32. The van der Waals surface area contributed by atoms with Crippen molar-refractivity contribution in [3.05, 3.63) is 47.0 Å². The van der Waals surface area contributed by atoms with Gasteiger partial charge < -0.3 is 10.6 Å². The second-order valence-corrected chi connectivity index (χ2v) is 8.26. The Morgan fingerprint density at radius 2 is 2.04 bits per heavy atom. The number of carbonyl (C=O) groups excluding carboxylic acids is 1. The molecule has 4 rings (SSSR count). The average Bonchev–Trinajstić information content (AvgIpc) is 3.33. The van der Waals surface area contributed by atoms with Crippen LogP contribution in [-0.4, -0.2) is 41.5 Å². The van der Waals surface area contributed by atoms with Gasteiger partial charge in [-0.15, -0.1) is 11.3 Å². The molecule has 2 aliphatic rings. The summed E-state index contributed by atoms with van der Waals surface area (Å²) in [5, 5.41) is 7.21. The monoisotopic (exact) mass is 370 g/mol. The summed E-state index contributed by atoms with van der Waals surface area (Å²) in [7, 11) is 0. The molecule has 1 atom stereocenters. The van der Waals surface area contributed by atoms with Crippen LogP contribution in [0.2, 0.25) is 0 Å². The van der Waals surface area contributed by atoms with Crippen LogP contribution in [0.1, 0.15) is 42.0 Å². The zero-order chi connectivity index (χ0) is 17.8. The quantitative estimate of drug-likeness (QED) is 0.849. The molecule has 26 heavy (non-hydrogen) atoms. The fraction of sp³-hybridized carbons (Fsp3) is 0.500. The molecule has 2 fully saturated rings. The lowest BCUT2D eigenvalue weighted by Crippen LogP contribution is -2.39. The highest BCUT2D eigenvalue weighted by molar-refractivity contribution is 7.15. The molecule has 2 saturated heterocycles. The summed E-state index contributed by atoms with van der Waals surface area (Å²) >= 11 is 1.64. The molecule has 0 bridgehead atoms. The molecule has 2 aromatic rings. The van der Waals surface area contributed by atoms with Gasteiger partial charge in [-0.3, -0.25) is 9.69 Å². The Morgan fingerprint density at radius 1 is 1.23 bits per heavy atom. The SMILES string of the molecule is O=C(Nc1ncc(C2CCNCC2)s1)C1CCCN1Cc1ccccc1. The second kappa shape index (κ2) is 8.29. The summed E-state index contributed by atoms with van der Waals surface area (Å²) in [5.41, 5.74) is 1.26. The van der Waals surface area contributed by atoms with Crippen molar-refractivity contribution in [2.75, 3.05) is 25.0 Å². The van der Waals surface area contributed by atoms with Gasteiger partial charge in [0, 0.05) is 17.6 Å². The van der Waals surface area contributed by atoms with Crippen molar-refractivity contribution < 1.29 is 4.79 Å². The van der Waals surface area contributed by atoms with Crippen LogP contribution < -0.4 is 10.6 Å². The Hall–Kier alpha value is -1.76.